The smallest absolute Gasteiger partial charge is 0.214 e. The predicted molar refractivity (Wildman–Crippen MR) is 68.6 cm³/mol. The molecule has 1 aromatic rings. The van der Waals surface area contributed by atoms with Gasteiger partial charge in [0, 0.05) is 11.6 Å². The Morgan fingerprint density at radius 2 is 1.76 bits per heavy atom. The number of hydrogen-bond donors (Lipinski definition) is 1. The molecule has 17 heavy (non-hydrogen) atoms. The molecule has 0 saturated carbocycles. The molecule has 0 saturated heterocycles. The molecule has 1 unspecified atom stereocenters. The Morgan fingerprint density at radius 1 is 1.18 bits per heavy atom. The second-order valence-corrected chi connectivity index (χ2v) is 6.44. The van der Waals surface area contributed by atoms with Gasteiger partial charge in [0.15, 0.2) is 0 Å². The van der Waals surface area contributed by atoms with Crippen molar-refractivity contribution in [3.63, 3.8) is 0 Å². The first-order valence-electron chi connectivity index (χ1n) is 5.52. The van der Waals surface area contributed by atoms with Crippen LogP contribution in [0.5, 0.6) is 5.75 Å². The molecule has 0 radical (unpaired) electrons. The van der Waals surface area contributed by atoms with E-state index in [0.717, 1.165) is 5.56 Å². The summed E-state index contributed by atoms with van der Waals surface area (Å²) in [4.78, 5) is 0. The lowest BCUT2D eigenvalue weighted by Crippen LogP contribution is -2.33. The topological polar surface area (TPSA) is 55.4 Å². The molecule has 0 bridgehead atoms. The number of benzene rings is 1. The standard InChI is InChI=1S/C12H19NO3S/c1-9(2)17(14,15)13-10(3)11-7-5-6-8-12(11)16-4/h5-10,13H,1-4H3. The van der Waals surface area contributed by atoms with Crippen LogP contribution in [-0.2, 0) is 10.0 Å². The summed E-state index contributed by atoms with van der Waals surface area (Å²) < 4.78 is 31.4. The van der Waals surface area contributed by atoms with E-state index >= 15 is 0 Å². The summed E-state index contributed by atoms with van der Waals surface area (Å²) in [5.41, 5.74) is 0.833. The van der Waals surface area contributed by atoms with E-state index < -0.39 is 15.3 Å². The van der Waals surface area contributed by atoms with E-state index in [9.17, 15) is 8.42 Å². The van der Waals surface area contributed by atoms with Gasteiger partial charge >= 0.3 is 0 Å². The maximum Gasteiger partial charge on any atom is 0.214 e. The molecule has 0 fully saturated rings. The Labute approximate surface area is 103 Å². The van der Waals surface area contributed by atoms with Crippen LogP contribution in [0.1, 0.15) is 32.4 Å². The molecule has 4 nitrogen and oxygen atoms in total. The van der Waals surface area contributed by atoms with Crippen LogP contribution in [0.25, 0.3) is 0 Å². The minimum absolute atomic E-state index is 0.307. The lowest BCUT2D eigenvalue weighted by Gasteiger charge is -2.18. The fourth-order valence-electron chi connectivity index (χ4n) is 1.47. The van der Waals surface area contributed by atoms with Crippen molar-refractivity contribution < 1.29 is 13.2 Å². The molecule has 1 aromatic carbocycles. The van der Waals surface area contributed by atoms with E-state index in [4.69, 9.17) is 4.74 Å². The Hall–Kier alpha value is -1.07. The molecule has 0 aromatic heterocycles. The molecular weight excluding hydrogens is 238 g/mol. The number of ether oxygens (including phenoxy) is 1. The Morgan fingerprint density at radius 3 is 2.29 bits per heavy atom. The van der Waals surface area contributed by atoms with Gasteiger partial charge < -0.3 is 4.74 Å². The SMILES string of the molecule is COc1ccccc1C(C)NS(=O)(=O)C(C)C. The van der Waals surface area contributed by atoms with Gasteiger partial charge in [-0.25, -0.2) is 13.1 Å². The number of methoxy groups -OCH3 is 1. The fourth-order valence-corrected chi connectivity index (χ4v) is 2.36. The number of rotatable bonds is 5. The zero-order chi connectivity index (χ0) is 13.1. The average molecular weight is 257 g/mol. The third kappa shape index (κ3) is 3.44. The van der Waals surface area contributed by atoms with E-state index in [1.807, 2.05) is 24.3 Å². The van der Waals surface area contributed by atoms with Crippen LogP contribution in [0.15, 0.2) is 24.3 Å². The predicted octanol–water partition coefficient (Wildman–Crippen LogP) is 2.08. The van der Waals surface area contributed by atoms with E-state index in [1.54, 1.807) is 27.9 Å². The van der Waals surface area contributed by atoms with Crippen molar-refractivity contribution in [3.05, 3.63) is 29.8 Å². The largest absolute Gasteiger partial charge is 0.496 e. The van der Waals surface area contributed by atoms with Crippen molar-refractivity contribution in [2.75, 3.05) is 7.11 Å². The van der Waals surface area contributed by atoms with Gasteiger partial charge in [-0.05, 0) is 26.8 Å². The average Bonchev–Trinajstić information content (AvgIpc) is 2.28. The minimum Gasteiger partial charge on any atom is -0.496 e. The first-order chi connectivity index (χ1) is 7.88. The molecule has 1 rings (SSSR count). The number of nitrogens with one attached hydrogen (secondary N) is 1. The maximum absolute atomic E-state index is 11.8. The zero-order valence-electron chi connectivity index (χ0n) is 10.6. The molecule has 0 spiro atoms. The van der Waals surface area contributed by atoms with Crippen LogP contribution in [0.2, 0.25) is 0 Å². The van der Waals surface area contributed by atoms with Gasteiger partial charge in [0.1, 0.15) is 5.75 Å². The lowest BCUT2D eigenvalue weighted by atomic mass is 10.1. The van der Waals surface area contributed by atoms with Crippen molar-refractivity contribution in [2.45, 2.75) is 32.1 Å². The maximum atomic E-state index is 11.8. The summed E-state index contributed by atoms with van der Waals surface area (Å²) in [6, 6.07) is 7.07. The monoisotopic (exact) mass is 257 g/mol. The molecule has 1 N–H and O–H groups in total. The third-order valence-corrected chi connectivity index (χ3v) is 4.49. The normalized spacial score (nSPS) is 13.7. The molecule has 0 aliphatic heterocycles. The second-order valence-electron chi connectivity index (χ2n) is 4.18. The minimum atomic E-state index is -3.28. The number of sulfonamides is 1. The summed E-state index contributed by atoms with van der Waals surface area (Å²) in [5.74, 6) is 0.687. The molecule has 0 aliphatic carbocycles. The highest BCUT2D eigenvalue weighted by Gasteiger charge is 2.21. The summed E-state index contributed by atoms with van der Waals surface area (Å²) >= 11 is 0. The summed E-state index contributed by atoms with van der Waals surface area (Å²) in [7, 11) is -1.70. The summed E-state index contributed by atoms with van der Waals surface area (Å²) in [5, 5.41) is -0.445. The van der Waals surface area contributed by atoms with Gasteiger partial charge in [-0.3, -0.25) is 0 Å². The highest BCUT2D eigenvalue weighted by molar-refractivity contribution is 7.90. The van der Waals surface area contributed by atoms with Crippen molar-refractivity contribution in [1.82, 2.24) is 4.72 Å². The van der Waals surface area contributed by atoms with Gasteiger partial charge in [0.05, 0.1) is 12.4 Å². The number of hydrogen-bond acceptors (Lipinski definition) is 3. The molecule has 1 atom stereocenters. The quantitative estimate of drug-likeness (QED) is 0.878. The Kier molecular flexibility index (Phi) is 4.54. The highest BCUT2D eigenvalue weighted by Crippen LogP contribution is 2.25. The van der Waals surface area contributed by atoms with Crippen LogP contribution in [0.3, 0.4) is 0 Å². The van der Waals surface area contributed by atoms with Gasteiger partial charge in [0.2, 0.25) is 10.0 Å². The highest BCUT2D eigenvalue weighted by atomic mass is 32.2. The van der Waals surface area contributed by atoms with Gasteiger partial charge in [-0.1, -0.05) is 18.2 Å². The van der Waals surface area contributed by atoms with E-state index in [1.165, 1.54) is 0 Å². The Balaban J connectivity index is 2.94. The van der Waals surface area contributed by atoms with Gasteiger partial charge in [0.25, 0.3) is 0 Å². The molecule has 0 aliphatic rings. The lowest BCUT2D eigenvalue weighted by molar-refractivity contribution is 0.405. The van der Waals surface area contributed by atoms with E-state index in [-0.39, 0.29) is 6.04 Å². The molecular formula is C12H19NO3S. The molecule has 0 heterocycles. The summed E-state index contributed by atoms with van der Waals surface area (Å²) in [6.07, 6.45) is 0. The second kappa shape index (κ2) is 5.51. The van der Waals surface area contributed by atoms with Crippen molar-refractivity contribution >= 4 is 10.0 Å². The molecule has 0 amide bonds. The van der Waals surface area contributed by atoms with Crippen LogP contribution in [0, 0.1) is 0 Å². The van der Waals surface area contributed by atoms with Gasteiger partial charge in [-0.2, -0.15) is 0 Å². The van der Waals surface area contributed by atoms with E-state index in [2.05, 4.69) is 4.72 Å². The van der Waals surface area contributed by atoms with Crippen molar-refractivity contribution in [3.8, 4) is 5.75 Å². The van der Waals surface area contributed by atoms with Crippen molar-refractivity contribution in [2.24, 2.45) is 0 Å². The van der Waals surface area contributed by atoms with Crippen molar-refractivity contribution in [1.29, 1.82) is 0 Å². The summed E-state index contributed by atoms with van der Waals surface area (Å²) in [6.45, 7) is 5.10. The first-order valence-corrected chi connectivity index (χ1v) is 7.07. The molecule has 5 heteroatoms. The van der Waals surface area contributed by atoms with Crippen LogP contribution >= 0.6 is 0 Å². The zero-order valence-corrected chi connectivity index (χ0v) is 11.4. The third-order valence-electron chi connectivity index (χ3n) is 2.57. The fraction of sp³-hybridized carbons (Fsp3) is 0.500. The van der Waals surface area contributed by atoms with Crippen LogP contribution in [-0.4, -0.2) is 20.8 Å². The number of para-hydroxylation sites is 1. The van der Waals surface area contributed by atoms with Crippen LogP contribution < -0.4 is 9.46 Å². The first kappa shape index (κ1) is 14.0. The Bertz CT molecular complexity index is 468. The van der Waals surface area contributed by atoms with Gasteiger partial charge in [-0.15, -0.1) is 0 Å². The molecule has 96 valence electrons. The van der Waals surface area contributed by atoms with Crippen LogP contribution in [0.4, 0.5) is 0 Å². The van der Waals surface area contributed by atoms with E-state index in [0.29, 0.717) is 5.75 Å².